The molecule has 3 nitrogen and oxygen atoms in total. The fourth-order valence-electron chi connectivity index (χ4n) is 12.3. The summed E-state index contributed by atoms with van der Waals surface area (Å²) in [5.74, 6) is 0. The van der Waals surface area contributed by atoms with Crippen molar-refractivity contribution in [2.75, 3.05) is 4.90 Å². The summed E-state index contributed by atoms with van der Waals surface area (Å²) in [5, 5.41) is 6.44. The van der Waals surface area contributed by atoms with Gasteiger partial charge in [0.05, 0.1) is 22.6 Å². The average Bonchev–Trinajstić information content (AvgIpc) is 3.96. The van der Waals surface area contributed by atoms with Crippen LogP contribution in [0.3, 0.4) is 0 Å². The van der Waals surface area contributed by atoms with Gasteiger partial charge in [-0.15, -0.1) is 11.3 Å². The summed E-state index contributed by atoms with van der Waals surface area (Å²) in [4.78, 5) is 6.64. The van der Waals surface area contributed by atoms with E-state index in [1.807, 2.05) is 11.3 Å². The van der Waals surface area contributed by atoms with Gasteiger partial charge in [0.15, 0.2) is 0 Å². The zero-order valence-corrected chi connectivity index (χ0v) is 41.0. The molecule has 1 aliphatic heterocycles. The summed E-state index contributed by atoms with van der Waals surface area (Å²) < 4.78 is 9.95. The number of rotatable bonds is 6. The molecule has 0 atom stereocenters. The number of aromatic nitrogens is 1. The molecule has 0 fully saturated rings. The highest BCUT2D eigenvalue weighted by molar-refractivity contribution is 7.26. The van der Waals surface area contributed by atoms with Crippen molar-refractivity contribution in [3.63, 3.8) is 0 Å². The lowest BCUT2D eigenvalue weighted by atomic mass is 9.60. The SMILES string of the molecule is CCCCCc1cc(-c2cc3sc4ccccc4c3c3c2[B]c2oc4cc5c(cc4c2N3c2ccc3c(c2)C(C)(C)CCC3(C)C)C(C)(C)CCC5(C)C)c2[nH]c3ccc(C)cc3c2c1. The van der Waals surface area contributed by atoms with E-state index >= 15 is 0 Å². The molecule has 0 saturated heterocycles. The Balaban J connectivity index is 1.22. The highest BCUT2D eigenvalue weighted by Crippen LogP contribution is 2.54. The zero-order valence-electron chi connectivity index (χ0n) is 40.2. The van der Waals surface area contributed by atoms with E-state index in [0.29, 0.717) is 0 Å². The van der Waals surface area contributed by atoms with E-state index in [9.17, 15) is 0 Å². The van der Waals surface area contributed by atoms with Crippen molar-refractivity contribution in [1.82, 2.24) is 4.98 Å². The molecule has 1 radical (unpaired) electrons. The number of benzene rings is 6. The number of unbranched alkanes of at least 4 members (excludes halogenated alkanes) is 2. The maximum absolute atomic E-state index is 7.32. The van der Waals surface area contributed by atoms with Crippen LogP contribution < -0.4 is 16.0 Å². The molecule has 1 N–H and O–H groups in total. The maximum atomic E-state index is 7.32. The van der Waals surface area contributed by atoms with E-state index in [1.165, 1.54) is 134 Å². The molecule has 2 aliphatic carbocycles. The van der Waals surface area contributed by atoms with Crippen LogP contribution in [0.4, 0.5) is 17.1 Å². The van der Waals surface area contributed by atoms with Crippen LogP contribution in [0, 0.1) is 6.92 Å². The van der Waals surface area contributed by atoms with Gasteiger partial charge in [0.25, 0.3) is 0 Å². The predicted molar refractivity (Wildman–Crippen MR) is 282 cm³/mol. The third-order valence-corrected chi connectivity index (χ3v) is 17.6. The molecule has 0 amide bonds. The van der Waals surface area contributed by atoms with Crippen LogP contribution in [0.1, 0.15) is 141 Å². The van der Waals surface area contributed by atoms with Crippen LogP contribution in [0.25, 0.3) is 64.1 Å². The fraction of sp³-hybridized carbons (Fsp3) is 0.367. The van der Waals surface area contributed by atoms with Crippen molar-refractivity contribution in [2.24, 2.45) is 0 Å². The molecule has 0 spiro atoms. The topological polar surface area (TPSA) is 32.2 Å². The van der Waals surface area contributed by atoms with Crippen LogP contribution in [0.2, 0.25) is 0 Å². The normalized spacial score (nSPS) is 18.0. The summed E-state index contributed by atoms with van der Waals surface area (Å²) in [6.45, 7) is 24.1. The number of anilines is 3. The van der Waals surface area contributed by atoms with E-state index in [0.717, 1.165) is 42.6 Å². The number of furan rings is 1. The minimum absolute atomic E-state index is 0.0472. The van der Waals surface area contributed by atoms with E-state index in [1.54, 1.807) is 0 Å². The smallest absolute Gasteiger partial charge is 0.247 e. The second-order valence-corrected chi connectivity index (χ2v) is 23.9. The predicted octanol–water partition coefficient (Wildman–Crippen LogP) is 16.3. The van der Waals surface area contributed by atoms with Crippen LogP contribution in [0.15, 0.2) is 95.4 Å². The molecule has 9 aromatic rings. The molecule has 6 aromatic carbocycles. The van der Waals surface area contributed by atoms with Crippen LogP contribution in [-0.4, -0.2) is 12.3 Å². The van der Waals surface area contributed by atoms with Crippen molar-refractivity contribution < 1.29 is 4.42 Å². The van der Waals surface area contributed by atoms with Crippen LogP contribution in [-0.2, 0) is 28.1 Å². The number of hydrogen-bond acceptors (Lipinski definition) is 3. The lowest BCUT2D eigenvalue weighted by Gasteiger charge is -2.43. The van der Waals surface area contributed by atoms with Gasteiger partial charge in [-0.25, -0.2) is 0 Å². The van der Waals surface area contributed by atoms with Gasteiger partial charge in [0.2, 0.25) is 7.28 Å². The first-order chi connectivity index (χ1) is 31.0. The Morgan fingerprint density at radius 2 is 1.34 bits per heavy atom. The summed E-state index contributed by atoms with van der Waals surface area (Å²) in [7, 11) is 2.42. The standard InChI is InChI=1S/C60H62BN2OS/c1-11-12-13-16-35-28-40-38-27-34(2)19-22-47(38)62-53(40)41(29-35)39-32-50-51(37-17-14-15-18-49(37)65-50)55-52(39)61-56-54(42-31-45-46(33-48(42)64-56)60(9,10)26-25-59(45,7)8)63(55)36-20-21-43-44(30-36)58(5,6)24-23-57(43,3)4/h14-15,17-22,27-33,62H,11-13,16,23-26H2,1-10H3. The highest BCUT2D eigenvalue weighted by atomic mass is 32.1. The van der Waals surface area contributed by atoms with Crippen molar-refractivity contribution in [2.45, 2.75) is 142 Å². The Kier molecular flexibility index (Phi) is 8.95. The average molecular weight is 870 g/mol. The highest BCUT2D eigenvalue weighted by Gasteiger charge is 2.42. The molecule has 0 saturated carbocycles. The zero-order chi connectivity index (χ0) is 44.9. The Bertz CT molecular complexity index is 3460. The second-order valence-electron chi connectivity index (χ2n) is 22.8. The lowest BCUT2D eigenvalue weighted by molar-refractivity contribution is 0.332. The number of aromatic amines is 1. The van der Waals surface area contributed by atoms with Crippen molar-refractivity contribution in [3.05, 3.63) is 124 Å². The number of aryl methyl sites for hydroxylation is 2. The van der Waals surface area contributed by atoms with Gasteiger partial charge in [-0.3, -0.25) is 0 Å². The molecule has 0 unspecified atom stereocenters. The number of fused-ring (bicyclic) bond motifs is 13. The summed E-state index contributed by atoms with van der Waals surface area (Å²) in [6, 6.07) is 35.9. The molecule has 3 aliphatic rings. The third-order valence-electron chi connectivity index (χ3n) is 16.4. The molecule has 12 rings (SSSR count). The third kappa shape index (κ3) is 6.19. The first kappa shape index (κ1) is 41.2. The molecule has 0 bridgehead atoms. The Morgan fingerprint density at radius 3 is 2.09 bits per heavy atom. The van der Waals surface area contributed by atoms with Gasteiger partial charge < -0.3 is 14.3 Å². The number of nitrogens with one attached hydrogen (secondary N) is 1. The van der Waals surface area contributed by atoms with Crippen molar-refractivity contribution in [3.8, 4) is 11.1 Å². The second kappa shape index (κ2) is 14.1. The van der Waals surface area contributed by atoms with Crippen LogP contribution >= 0.6 is 11.3 Å². The molecular formula is C60H62BN2OS. The number of thiophene rings is 1. The molecular weight excluding hydrogens is 808 g/mol. The first-order valence-corrected chi connectivity index (χ1v) is 25.3. The van der Waals surface area contributed by atoms with Gasteiger partial charge in [0, 0.05) is 53.1 Å². The molecule has 4 heterocycles. The van der Waals surface area contributed by atoms with E-state index in [2.05, 4.69) is 177 Å². The Morgan fingerprint density at radius 1 is 0.631 bits per heavy atom. The lowest BCUT2D eigenvalue weighted by Crippen LogP contribution is -2.40. The molecule has 65 heavy (non-hydrogen) atoms. The number of H-pyrrole nitrogens is 1. The minimum Gasteiger partial charge on any atom is -0.469 e. The monoisotopic (exact) mass is 869 g/mol. The van der Waals surface area contributed by atoms with Gasteiger partial charge in [-0.2, -0.15) is 0 Å². The van der Waals surface area contributed by atoms with Crippen LogP contribution in [0.5, 0.6) is 0 Å². The van der Waals surface area contributed by atoms with Gasteiger partial charge in [0.1, 0.15) is 5.58 Å². The van der Waals surface area contributed by atoms with Crippen molar-refractivity contribution >= 4 is 99.7 Å². The largest absolute Gasteiger partial charge is 0.469 e. The summed E-state index contributed by atoms with van der Waals surface area (Å²) in [5.41, 5.74) is 20.5. The summed E-state index contributed by atoms with van der Waals surface area (Å²) >= 11 is 1.93. The van der Waals surface area contributed by atoms with E-state index < -0.39 is 0 Å². The van der Waals surface area contributed by atoms with Gasteiger partial charge in [-0.1, -0.05) is 111 Å². The van der Waals surface area contributed by atoms with Gasteiger partial charge in [-0.05, 0) is 167 Å². The Labute approximate surface area is 389 Å². The minimum atomic E-state index is 0.0472. The Hall–Kier alpha value is -5.26. The number of nitrogens with zero attached hydrogens (tertiary/aromatic N) is 1. The van der Waals surface area contributed by atoms with Crippen molar-refractivity contribution in [1.29, 1.82) is 0 Å². The number of hydrogen-bond donors (Lipinski definition) is 1. The molecule has 327 valence electrons. The first-order valence-electron chi connectivity index (χ1n) is 24.5. The van der Waals surface area contributed by atoms with E-state index in [4.69, 9.17) is 4.42 Å². The van der Waals surface area contributed by atoms with E-state index in [-0.39, 0.29) is 21.7 Å². The molecule has 3 aromatic heterocycles. The summed E-state index contributed by atoms with van der Waals surface area (Å²) in [6.07, 6.45) is 9.35. The fourth-order valence-corrected chi connectivity index (χ4v) is 13.4. The molecule has 5 heteroatoms. The quantitative estimate of drug-likeness (QED) is 0.133. The maximum Gasteiger partial charge on any atom is 0.247 e. The van der Waals surface area contributed by atoms with Gasteiger partial charge >= 0.3 is 0 Å².